The summed E-state index contributed by atoms with van der Waals surface area (Å²) in [6.07, 6.45) is 0.630. The van der Waals surface area contributed by atoms with Crippen LogP contribution in [-0.2, 0) is 4.74 Å². The first-order valence-corrected chi connectivity index (χ1v) is 5.72. The standard InChI is InChI=1S/C12H17FN2O3/c13-10-4-1-2-5-11(10)15-12(17)14-6-3-8-18-9-7-16/h1-2,4-5,16H,3,6-9H2,(H2,14,15,17). The summed E-state index contributed by atoms with van der Waals surface area (Å²) in [5.74, 6) is -0.473. The SMILES string of the molecule is O=C(NCCCOCCO)Nc1ccccc1F. The Labute approximate surface area is 105 Å². The number of urea groups is 1. The predicted octanol–water partition coefficient (Wildman–Crippen LogP) is 1.35. The van der Waals surface area contributed by atoms with E-state index in [0.717, 1.165) is 0 Å². The Hall–Kier alpha value is -1.66. The quantitative estimate of drug-likeness (QED) is 0.645. The Kier molecular flexibility index (Phi) is 6.75. The van der Waals surface area contributed by atoms with Crippen LogP contribution in [0.1, 0.15) is 6.42 Å². The summed E-state index contributed by atoms with van der Waals surface area (Å²) in [4.78, 5) is 11.4. The molecule has 18 heavy (non-hydrogen) atoms. The number of nitrogens with one attached hydrogen (secondary N) is 2. The molecule has 0 heterocycles. The lowest BCUT2D eigenvalue weighted by atomic mass is 10.3. The first kappa shape index (κ1) is 14.4. The lowest BCUT2D eigenvalue weighted by molar-refractivity contribution is 0.0910. The molecule has 3 N–H and O–H groups in total. The van der Waals surface area contributed by atoms with Gasteiger partial charge in [0.15, 0.2) is 0 Å². The Morgan fingerprint density at radius 3 is 2.83 bits per heavy atom. The number of hydrogen-bond acceptors (Lipinski definition) is 3. The highest BCUT2D eigenvalue weighted by atomic mass is 19.1. The third-order valence-electron chi connectivity index (χ3n) is 2.11. The van der Waals surface area contributed by atoms with Crippen LogP contribution in [0.4, 0.5) is 14.9 Å². The number of carbonyl (C=O) groups excluding carboxylic acids is 1. The Morgan fingerprint density at radius 1 is 1.33 bits per heavy atom. The molecule has 2 amide bonds. The molecule has 0 bridgehead atoms. The predicted molar refractivity (Wildman–Crippen MR) is 65.9 cm³/mol. The molecule has 5 nitrogen and oxygen atoms in total. The molecule has 1 rings (SSSR count). The van der Waals surface area contributed by atoms with Crippen LogP contribution in [0.25, 0.3) is 0 Å². The average Bonchev–Trinajstić information content (AvgIpc) is 2.36. The van der Waals surface area contributed by atoms with E-state index in [4.69, 9.17) is 9.84 Å². The Balaban J connectivity index is 2.16. The number of hydrogen-bond donors (Lipinski definition) is 3. The second-order valence-corrected chi connectivity index (χ2v) is 3.55. The van der Waals surface area contributed by atoms with Gasteiger partial charge in [0.25, 0.3) is 0 Å². The van der Waals surface area contributed by atoms with E-state index in [2.05, 4.69) is 10.6 Å². The maximum Gasteiger partial charge on any atom is 0.319 e. The molecular weight excluding hydrogens is 239 g/mol. The number of halogens is 1. The fourth-order valence-electron chi connectivity index (χ4n) is 1.27. The molecule has 0 aromatic heterocycles. The number of aliphatic hydroxyl groups excluding tert-OH is 1. The summed E-state index contributed by atoms with van der Waals surface area (Å²) in [6.45, 7) is 1.16. The van der Waals surface area contributed by atoms with Crippen molar-refractivity contribution in [1.29, 1.82) is 0 Å². The number of benzene rings is 1. The molecule has 100 valence electrons. The van der Waals surface area contributed by atoms with Crippen LogP contribution in [-0.4, -0.2) is 37.5 Å². The lowest BCUT2D eigenvalue weighted by Crippen LogP contribution is -2.30. The summed E-state index contributed by atoms with van der Waals surface area (Å²) in [5.41, 5.74) is 0.145. The van der Waals surface area contributed by atoms with E-state index in [1.54, 1.807) is 12.1 Å². The molecule has 1 aromatic carbocycles. The molecular formula is C12H17FN2O3. The van der Waals surface area contributed by atoms with Crippen molar-refractivity contribution in [2.45, 2.75) is 6.42 Å². The number of rotatable bonds is 7. The van der Waals surface area contributed by atoms with Gasteiger partial charge < -0.3 is 20.5 Å². The van der Waals surface area contributed by atoms with Crippen LogP contribution in [0.5, 0.6) is 0 Å². The van der Waals surface area contributed by atoms with Gasteiger partial charge in [0.1, 0.15) is 5.82 Å². The third-order valence-corrected chi connectivity index (χ3v) is 2.11. The number of aliphatic hydroxyl groups is 1. The second-order valence-electron chi connectivity index (χ2n) is 3.55. The van der Waals surface area contributed by atoms with Gasteiger partial charge in [-0.25, -0.2) is 9.18 Å². The average molecular weight is 256 g/mol. The Bertz CT molecular complexity index is 374. The van der Waals surface area contributed by atoms with E-state index in [1.807, 2.05) is 0 Å². The monoisotopic (exact) mass is 256 g/mol. The zero-order chi connectivity index (χ0) is 13.2. The number of para-hydroxylation sites is 1. The van der Waals surface area contributed by atoms with Gasteiger partial charge in [-0.3, -0.25) is 0 Å². The highest BCUT2D eigenvalue weighted by molar-refractivity contribution is 5.89. The molecule has 1 aromatic rings. The minimum Gasteiger partial charge on any atom is -0.394 e. The molecule has 6 heteroatoms. The van der Waals surface area contributed by atoms with Gasteiger partial charge in [0.2, 0.25) is 0 Å². The van der Waals surface area contributed by atoms with Gasteiger partial charge in [0, 0.05) is 13.2 Å². The maximum absolute atomic E-state index is 13.2. The van der Waals surface area contributed by atoms with Crippen molar-refractivity contribution in [3.05, 3.63) is 30.1 Å². The first-order valence-electron chi connectivity index (χ1n) is 5.72. The molecule has 0 aliphatic carbocycles. The number of carbonyl (C=O) groups is 1. The fourth-order valence-corrected chi connectivity index (χ4v) is 1.27. The van der Waals surface area contributed by atoms with Crippen molar-refractivity contribution in [3.8, 4) is 0 Å². The zero-order valence-electron chi connectivity index (χ0n) is 9.99. The summed E-state index contributed by atoms with van der Waals surface area (Å²) in [6, 6.07) is 5.50. The smallest absolute Gasteiger partial charge is 0.319 e. The van der Waals surface area contributed by atoms with Gasteiger partial charge >= 0.3 is 6.03 Å². The van der Waals surface area contributed by atoms with E-state index < -0.39 is 11.8 Å². The summed E-state index contributed by atoms with van der Waals surface area (Å²) < 4.78 is 18.2. The number of anilines is 1. The minimum atomic E-state index is -0.473. The molecule has 0 saturated carbocycles. The van der Waals surface area contributed by atoms with Gasteiger partial charge in [-0.15, -0.1) is 0 Å². The van der Waals surface area contributed by atoms with E-state index >= 15 is 0 Å². The zero-order valence-corrected chi connectivity index (χ0v) is 9.99. The van der Waals surface area contributed by atoms with Crippen molar-refractivity contribution in [2.75, 3.05) is 31.7 Å². The minimum absolute atomic E-state index is 0.0127. The number of ether oxygens (including phenoxy) is 1. The molecule has 0 atom stereocenters. The molecule has 0 fully saturated rings. The van der Waals surface area contributed by atoms with Gasteiger partial charge in [0.05, 0.1) is 18.9 Å². The van der Waals surface area contributed by atoms with E-state index in [0.29, 0.717) is 26.2 Å². The summed E-state index contributed by atoms with van der Waals surface area (Å²) in [7, 11) is 0. The highest BCUT2D eigenvalue weighted by Crippen LogP contribution is 2.11. The Morgan fingerprint density at radius 2 is 2.11 bits per heavy atom. The van der Waals surface area contributed by atoms with E-state index in [1.165, 1.54) is 12.1 Å². The third kappa shape index (κ3) is 5.60. The summed E-state index contributed by atoms with van der Waals surface area (Å²) >= 11 is 0. The molecule has 0 radical (unpaired) electrons. The summed E-state index contributed by atoms with van der Waals surface area (Å²) in [5, 5.41) is 13.4. The molecule has 0 spiro atoms. The van der Waals surface area contributed by atoms with Crippen molar-refractivity contribution < 1.29 is 19.0 Å². The van der Waals surface area contributed by atoms with Gasteiger partial charge in [-0.1, -0.05) is 12.1 Å². The second kappa shape index (κ2) is 8.43. The van der Waals surface area contributed by atoms with Crippen LogP contribution >= 0.6 is 0 Å². The van der Waals surface area contributed by atoms with E-state index in [-0.39, 0.29) is 12.3 Å². The van der Waals surface area contributed by atoms with Crippen LogP contribution in [0.15, 0.2) is 24.3 Å². The van der Waals surface area contributed by atoms with Crippen LogP contribution in [0.3, 0.4) is 0 Å². The van der Waals surface area contributed by atoms with Crippen LogP contribution in [0, 0.1) is 5.82 Å². The first-order chi connectivity index (χ1) is 8.74. The number of amides is 2. The van der Waals surface area contributed by atoms with Gasteiger partial charge in [-0.2, -0.15) is 0 Å². The molecule has 0 saturated heterocycles. The van der Waals surface area contributed by atoms with Gasteiger partial charge in [-0.05, 0) is 18.6 Å². The normalized spacial score (nSPS) is 10.1. The van der Waals surface area contributed by atoms with Crippen molar-refractivity contribution in [3.63, 3.8) is 0 Å². The van der Waals surface area contributed by atoms with Crippen molar-refractivity contribution in [2.24, 2.45) is 0 Å². The molecule has 0 aliphatic heterocycles. The molecule has 0 aliphatic rings. The van der Waals surface area contributed by atoms with Crippen LogP contribution in [0.2, 0.25) is 0 Å². The lowest BCUT2D eigenvalue weighted by Gasteiger charge is -2.08. The van der Waals surface area contributed by atoms with Crippen molar-refractivity contribution >= 4 is 11.7 Å². The van der Waals surface area contributed by atoms with Crippen molar-refractivity contribution in [1.82, 2.24) is 5.32 Å². The van der Waals surface area contributed by atoms with E-state index in [9.17, 15) is 9.18 Å². The largest absolute Gasteiger partial charge is 0.394 e. The maximum atomic E-state index is 13.2. The topological polar surface area (TPSA) is 70.6 Å². The molecule has 0 unspecified atom stereocenters. The van der Waals surface area contributed by atoms with Crippen LogP contribution < -0.4 is 10.6 Å². The highest BCUT2D eigenvalue weighted by Gasteiger charge is 2.04. The fraction of sp³-hybridized carbons (Fsp3) is 0.417.